The highest BCUT2D eigenvalue weighted by molar-refractivity contribution is 5.80. The van der Waals surface area contributed by atoms with Crippen molar-refractivity contribution in [1.29, 1.82) is 0 Å². The summed E-state index contributed by atoms with van der Waals surface area (Å²) in [7, 11) is 1.31. The number of methoxy groups -OCH3 is 1. The van der Waals surface area contributed by atoms with E-state index in [2.05, 4.69) is 25.5 Å². The fourth-order valence-electron chi connectivity index (χ4n) is 1.73. The SMILES string of the molecule is CCC(C)(C)c1ccc(OCC(C)(N)C(=O)OC)cc1. The molecule has 1 unspecified atom stereocenters. The summed E-state index contributed by atoms with van der Waals surface area (Å²) in [5.74, 6) is 0.211. The molecule has 0 aliphatic heterocycles. The van der Waals surface area contributed by atoms with E-state index in [1.165, 1.54) is 12.7 Å². The first-order valence-corrected chi connectivity index (χ1v) is 6.83. The van der Waals surface area contributed by atoms with Crippen molar-refractivity contribution in [3.8, 4) is 5.75 Å². The van der Waals surface area contributed by atoms with Gasteiger partial charge in [-0.3, -0.25) is 0 Å². The van der Waals surface area contributed by atoms with E-state index in [1.807, 2.05) is 24.3 Å². The predicted molar refractivity (Wildman–Crippen MR) is 79.9 cm³/mol. The summed E-state index contributed by atoms with van der Waals surface area (Å²) in [5, 5.41) is 0. The highest BCUT2D eigenvalue weighted by Crippen LogP contribution is 2.28. The average Bonchev–Trinajstić information content (AvgIpc) is 2.44. The lowest BCUT2D eigenvalue weighted by Gasteiger charge is -2.24. The molecule has 20 heavy (non-hydrogen) atoms. The molecule has 0 fully saturated rings. The Morgan fingerprint density at radius 2 is 1.75 bits per heavy atom. The predicted octanol–water partition coefficient (Wildman–Crippen LogP) is 2.64. The van der Waals surface area contributed by atoms with Crippen LogP contribution in [0.1, 0.15) is 39.7 Å². The Kier molecular flexibility index (Phi) is 5.17. The maximum Gasteiger partial charge on any atom is 0.329 e. The van der Waals surface area contributed by atoms with Crippen molar-refractivity contribution >= 4 is 5.97 Å². The number of nitrogens with two attached hydrogens (primary N) is 1. The van der Waals surface area contributed by atoms with Crippen molar-refractivity contribution in [2.45, 2.75) is 45.1 Å². The summed E-state index contributed by atoms with van der Waals surface area (Å²) in [6.45, 7) is 8.25. The molecule has 0 spiro atoms. The summed E-state index contributed by atoms with van der Waals surface area (Å²) >= 11 is 0. The second-order valence-corrected chi connectivity index (χ2v) is 5.96. The Labute approximate surface area is 121 Å². The second-order valence-electron chi connectivity index (χ2n) is 5.96. The molecule has 0 heterocycles. The summed E-state index contributed by atoms with van der Waals surface area (Å²) in [5.41, 5.74) is 6.10. The number of rotatable bonds is 6. The molecule has 1 aromatic carbocycles. The lowest BCUT2D eigenvalue weighted by molar-refractivity contribution is -0.147. The van der Waals surface area contributed by atoms with Gasteiger partial charge in [0.1, 0.15) is 17.9 Å². The Morgan fingerprint density at radius 1 is 1.20 bits per heavy atom. The highest BCUT2D eigenvalue weighted by Gasteiger charge is 2.30. The summed E-state index contributed by atoms with van der Waals surface area (Å²) in [4.78, 5) is 11.5. The van der Waals surface area contributed by atoms with Gasteiger partial charge in [-0.15, -0.1) is 0 Å². The zero-order chi connectivity index (χ0) is 15.4. The molecular weight excluding hydrogens is 254 g/mol. The fraction of sp³-hybridized carbons (Fsp3) is 0.562. The zero-order valence-corrected chi connectivity index (χ0v) is 13.0. The Hall–Kier alpha value is -1.55. The molecule has 0 aliphatic carbocycles. The quantitative estimate of drug-likeness (QED) is 0.813. The Bertz CT molecular complexity index is 449. The van der Waals surface area contributed by atoms with E-state index in [0.29, 0.717) is 5.75 Å². The van der Waals surface area contributed by atoms with Crippen LogP contribution in [0.4, 0.5) is 0 Å². The minimum absolute atomic E-state index is 0.0796. The molecule has 4 heteroatoms. The molecule has 0 bridgehead atoms. The van der Waals surface area contributed by atoms with Gasteiger partial charge in [-0.05, 0) is 36.5 Å². The van der Waals surface area contributed by atoms with Gasteiger partial charge in [-0.2, -0.15) is 0 Å². The van der Waals surface area contributed by atoms with E-state index in [0.717, 1.165) is 6.42 Å². The van der Waals surface area contributed by atoms with Crippen LogP contribution in [-0.2, 0) is 14.9 Å². The summed E-state index contributed by atoms with van der Waals surface area (Å²) in [6, 6.07) is 7.90. The number of carbonyl (C=O) groups is 1. The minimum Gasteiger partial charge on any atom is -0.491 e. The zero-order valence-electron chi connectivity index (χ0n) is 13.0. The summed E-state index contributed by atoms with van der Waals surface area (Å²) < 4.78 is 10.2. The molecule has 0 saturated heterocycles. The molecule has 0 aromatic heterocycles. The fourth-order valence-corrected chi connectivity index (χ4v) is 1.73. The third-order valence-electron chi connectivity index (χ3n) is 3.71. The number of benzene rings is 1. The first-order chi connectivity index (χ1) is 9.23. The van der Waals surface area contributed by atoms with Gasteiger partial charge in [0.25, 0.3) is 0 Å². The van der Waals surface area contributed by atoms with Crippen LogP contribution in [0.2, 0.25) is 0 Å². The van der Waals surface area contributed by atoms with Gasteiger partial charge < -0.3 is 15.2 Å². The number of carbonyl (C=O) groups excluding carboxylic acids is 1. The minimum atomic E-state index is -1.14. The van der Waals surface area contributed by atoms with Crippen molar-refractivity contribution in [2.75, 3.05) is 13.7 Å². The maximum atomic E-state index is 11.5. The van der Waals surface area contributed by atoms with Crippen LogP contribution in [0.5, 0.6) is 5.75 Å². The van der Waals surface area contributed by atoms with Gasteiger partial charge in [-0.1, -0.05) is 32.9 Å². The highest BCUT2D eigenvalue weighted by atomic mass is 16.5. The molecule has 0 amide bonds. The van der Waals surface area contributed by atoms with Crippen LogP contribution in [-0.4, -0.2) is 25.2 Å². The van der Waals surface area contributed by atoms with Crippen LogP contribution in [0.15, 0.2) is 24.3 Å². The standard InChI is InChI=1S/C16H25NO3/c1-6-15(2,3)12-7-9-13(10-8-12)20-11-16(4,17)14(18)19-5/h7-10H,6,11,17H2,1-5H3. The van der Waals surface area contributed by atoms with Crippen molar-refractivity contribution < 1.29 is 14.3 Å². The monoisotopic (exact) mass is 279 g/mol. The molecule has 4 nitrogen and oxygen atoms in total. The second kappa shape index (κ2) is 6.27. The average molecular weight is 279 g/mol. The molecular formula is C16H25NO3. The maximum absolute atomic E-state index is 11.5. The number of hydrogen-bond donors (Lipinski definition) is 1. The van der Waals surface area contributed by atoms with E-state index in [-0.39, 0.29) is 12.0 Å². The number of hydrogen-bond acceptors (Lipinski definition) is 4. The van der Waals surface area contributed by atoms with Gasteiger partial charge in [0.15, 0.2) is 0 Å². The van der Waals surface area contributed by atoms with Gasteiger partial charge in [0.2, 0.25) is 0 Å². The molecule has 1 aromatic rings. The third-order valence-corrected chi connectivity index (χ3v) is 3.71. The first-order valence-electron chi connectivity index (χ1n) is 6.83. The lowest BCUT2D eigenvalue weighted by atomic mass is 9.82. The molecule has 2 N–H and O–H groups in total. The van der Waals surface area contributed by atoms with Crippen LogP contribution in [0.3, 0.4) is 0 Å². The number of esters is 1. The van der Waals surface area contributed by atoms with Crippen molar-refractivity contribution in [3.63, 3.8) is 0 Å². The van der Waals surface area contributed by atoms with E-state index in [9.17, 15) is 4.79 Å². The van der Waals surface area contributed by atoms with Gasteiger partial charge in [0, 0.05) is 0 Å². The molecule has 1 rings (SSSR count). The van der Waals surface area contributed by atoms with Crippen LogP contribution >= 0.6 is 0 Å². The molecule has 1 atom stereocenters. The van der Waals surface area contributed by atoms with Crippen molar-refractivity contribution in [2.24, 2.45) is 5.73 Å². The van der Waals surface area contributed by atoms with Gasteiger partial charge in [-0.25, -0.2) is 4.79 Å². The Morgan fingerprint density at radius 3 is 2.20 bits per heavy atom. The smallest absolute Gasteiger partial charge is 0.329 e. The Balaban J connectivity index is 2.70. The molecule has 0 saturated carbocycles. The first kappa shape index (κ1) is 16.5. The van der Waals surface area contributed by atoms with Gasteiger partial charge in [0.05, 0.1) is 7.11 Å². The molecule has 112 valence electrons. The largest absolute Gasteiger partial charge is 0.491 e. The van der Waals surface area contributed by atoms with E-state index in [4.69, 9.17) is 10.5 Å². The van der Waals surface area contributed by atoms with Crippen LogP contribution in [0, 0.1) is 0 Å². The summed E-state index contributed by atoms with van der Waals surface area (Å²) in [6.07, 6.45) is 1.07. The van der Waals surface area contributed by atoms with E-state index >= 15 is 0 Å². The van der Waals surface area contributed by atoms with Gasteiger partial charge >= 0.3 is 5.97 Å². The normalized spacial score (nSPS) is 14.5. The van der Waals surface area contributed by atoms with Crippen molar-refractivity contribution in [1.82, 2.24) is 0 Å². The molecule has 0 aliphatic rings. The van der Waals surface area contributed by atoms with Crippen LogP contribution < -0.4 is 10.5 Å². The third kappa shape index (κ3) is 3.97. The van der Waals surface area contributed by atoms with Crippen molar-refractivity contribution in [3.05, 3.63) is 29.8 Å². The van der Waals surface area contributed by atoms with E-state index in [1.54, 1.807) is 6.92 Å². The van der Waals surface area contributed by atoms with Crippen LogP contribution in [0.25, 0.3) is 0 Å². The molecule has 0 radical (unpaired) electrons. The van der Waals surface area contributed by atoms with E-state index < -0.39 is 11.5 Å². The number of ether oxygens (including phenoxy) is 2. The lowest BCUT2D eigenvalue weighted by Crippen LogP contribution is -2.50. The topological polar surface area (TPSA) is 61.5 Å².